The third kappa shape index (κ3) is 6.54. The molecule has 10 heteroatoms. The van der Waals surface area contributed by atoms with E-state index in [0.717, 1.165) is 11.1 Å². The molecule has 0 fully saturated rings. The SMILES string of the molecule is COc1ccccc1CNC(=O)CC[C@@H]1N=C2c3ccccc3N=C(SCC(=O)Nc3ccc(C(C)C)cc3)N2C1=O. The highest BCUT2D eigenvalue weighted by Gasteiger charge is 2.41. The van der Waals surface area contributed by atoms with Gasteiger partial charge < -0.3 is 15.4 Å². The lowest BCUT2D eigenvalue weighted by Crippen LogP contribution is -2.41. The fourth-order valence-electron chi connectivity index (χ4n) is 4.76. The first-order valence-electron chi connectivity index (χ1n) is 13.8. The predicted octanol–water partition coefficient (Wildman–Crippen LogP) is 5.25. The summed E-state index contributed by atoms with van der Waals surface area (Å²) in [5.74, 6) is 1.04. The van der Waals surface area contributed by atoms with E-state index in [1.807, 2.05) is 72.8 Å². The smallest absolute Gasteiger partial charge is 0.259 e. The lowest BCUT2D eigenvalue weighted by Gasteiger charge is -2.25. The zero-order chi connectivity index (χ0) is 29.6. The van der Waals surface area contributed by atoms with E-state index in [1.54, 1.807) is 7.11 Å². The minimum Gasteiger partial charge on any atom is -0.496 e. The Labute approximate surface area is 249 Å². The molecule has 0 radical (unpaired) electrons. The van der Waals surface area contributed by atoms with Gasteiger partial charge in [0.25, 0.3) is 5.91 Å². The summed E-state index contributed by atoms with van der Waals surface area (Å²) >= 11 is 1.18. The third-order valence-electron chi connectivity index (χ3n) is 7.05. The molecule has 3 amide bonds. The van der Waals surface area contributed by atoms with Gasteiger partial charge in [-0.1, -0.05) is 68.1 Å². The fourth-order valence-corrected chi connectivity index (χ4v) is 5.57. The quantitative estimate of drug-likeness (QED) is 0.339. The first-order valence-corrected chi connectivity index (χ1v) is 14.8. The second-order valence-corrected chi connectivity index (χ2v) is 11.2. The van der Waals surface area contributed by atoms with Gasteiger partial charge in [-0.25, -0.2) is 9.89 Å². The maximum atomic E-state index is 13.5. The Morgan fingerprint density at radius 2 is 1.74 bits per heavy atom. The van der Waals surface area contributed by atoms with Gasteiger partial charge in [-0.05, 0) is 48.2 Å². The Bertz CT molecular complexity index is 1550. The number of ether oxygens (including phenoxy) is 1. The Morgan fingerprint density at radius 3 is 2.50 bits per heavy atom. The highest BCUT2D eigenvalue weighted by atomic mass is 32.2. The fraction of sp³-hybridized carbons (Fsp3) is 0.281. The van der Waals surface area contributed by atoms with E-state index < -0.39 is 6.04 Å². The van der Waals surface area contributed by atoms with Crippen molar-refractivity contribution < 1.29 is 19.1 Å². The van der Waals surface area contributed by atoms with Gasteiger partial charge in [0.05, 0.1) is 18.6 Å². The number of carbonyl (C=O) groups excluding carboxylic acids is 3. The van der Waals surface area contributed by atoms with Crippen molar-refractivity contribution in [1.29, 1.82) is 0 Å². The molecule has 2 N–H and O–H groups in total. The Balaban J connectivity index is 1.22. The molecule has 0 saturated heterocycles. The minimum atomic E-state index is -0.720. The van der Waals surface area contributed by atoms with Crippen LogP contribution < -0.4 is 15.4 Å². The monoisotopic (exact) mass is 583 g/mol. The highest BCUT2D eigenvalue weighted by molar-refractivity contribution is 8.14. The van der Waals surface area contributed by atoms with Crippen LogP contribution in [-0.4, -0.2) is 52.5 Å². The van der Waals surface area contributed by atoms with E-state index in [9.17, 15) is 14.4 Å². The van der Waals surface area contributed by atoms with Gasteiger partial charge in [0.1, 0.15) is 17.6 Å². The van der Waals surface area contributed by atoms with Crippen LogP contribution in [0.4, 0.5) is 11.4 Å². The number of carbonyl (C=O) groups is 3. The molecule has 2 heterocycles. The molecule has 5 rings (SSSR count). The number of rotatable bonds is 10. The van der Waals surface area contributed by atoms with Crippen LogP contribution in [-0.2, 0) is 20.9 Å². The number of hydrogen-bond acceptors (Lipinski definition) is 7. The van der Waals surface area contributed by atoms with Crippen LogP contribution in [0.2, 0.25) is 0 Å². The minimum absolute atomic E-state index is 0.0695. The van der Waals surface area contributed by atoms with Gasteiger partial charge >= 0.3 is 0 Å². The Hall–Kier alpha value is -4.44. The molecule has 3 aromatic rings. The molecule has 2 aliphatic heterocycles. The molecule has 0 spiro atoms. The molecule has 9 nitrogen and oxygen atoms in total. The van der Waals surface area contributed by atoms with Crippen LogP contribution in [0.5, 0.6) is 5.75 Å². The number of nitrogens with zero attached hydrogens (tertiary/aromatic N) is 3. The molecule has 42 heavy (non-hydrogen) atoms. The van der Waals surface area contributed by atoms with E-state index >= 15 is 0 Å². The number of thioether (sulfide) groups is 1. The number of methoxy groups -OCH3 is 1. The first kappa shape index (κ1) is 29.1. The summed E-state index contributed by atoms with van der Waals surface area (Å²) in [6.45, 7) is 4.56. The lowest BCUT2D eigenvalue weighted by atomic mass is 10.0. The van der Waals surface area contributed by atoms with Crippen molar-refractivity contribution in [3.63, 3.8) is 0 Å². The number of amides is 3. The summed E-state index contributed by atoms with van der Waals surface area (Å²) in [5, 5.41) is 6.20. The first-order chi connectivity index (χ1) is 20.3. The van der Waals surface area contributed by atoms with Crippen molar-refractivity contribution in [1.82, 2.24) is 10.2 Å². The number of amidine groups is 2. The second kappa shape index (κ2) is 13.0. The number of anilines is 1. The van der Waals surface area contributed by atoms with E-state index in [0.29, 0.717) is 40.6 Å². The normalized spacial score (nSPS) is 15.5. The van der Waals surface area contributed by atoms with E-state index in [2.05, 4.69) is 24.5 Å². The van der Waals surface area contributed by atoms with Crippen LogP contribution in [0.25, 0.3) is 0 Å². The van der Waals surface area contributed by atoms with Gasteiger partial charge in [0, 0.05) is 29.8 Å². The van der Waals surface area contributed by atoms with Crippen LogP contribution >= 0.6 is 11.8 Å². The standard InChI is InChI=1S/C32H33N5O4S/c1-20(2)21-12-14-23(15-13-21)34-29(39)19-42-32-36-25-10-6-5-9-24(25)30-35-26(31(40)37(30)32)16-17-28(38)33-18-22-8-4-7-11-27(22)41-3/h4-15,20,26H,16-19H2,1-3H3,(H,33,38)(H,34,39)/t26-/m0/s1. The largest absolute Gasteiger partial charge is 0.496 e. The highest BCUT2D eigenvalue weighted by Crippen LogP contribution is 2.34. The van der Waals surface area contributed by atoms with E-state index in [1.165, 1.54) is 22.2 Å². The molecule has 0 bridgehead atoms. The van der Waals surface area contributed by atoms with Crippen molar-refractivity contribution in [3.05, 3.63) is 89.5 Å². The number of nitrogens with one attached hydrogen (secondary N) is 2. The average molecular weight is 584 g/mol. The van der Waals surface area contributed by atoms with E-state index in [4.69, 9.17) is 14.7 Å². The van der Waals surface area contributed by atoms with E-state index in [-0.39, 0.29) is 36.3 Å². The Kier molecular flexibility index (Phi) is 9.02. The van der Waals surface area contributed by atoms with Crippen molar-refractivity contribution >= 4 is 51.9 Å². The maximum absolute atomic E-state index is 13.5. The molecule has 0 aliphatic carbocycles. The van der Waals surface area contributed by atoms with Crippen molar-refractivity contribution in [2.24, 2.45) is 9.98 Å². The van der Waals surface area contributed by atoms with Gasteiger partial charge in [0.15, 0.2) is 5.17 Å². The predicted molar refractivity (Wildman–Crippen MR) is 166 cm³/mol. The van der Waals surface area contributed by atoms with Gasteiger partial charge in [0.2, 0.25) is 11.8 Å². The van der Waals surface area contributed by atoms with Gasteiger partial charge in [-0.15, -0.1) is 0 Å². The third-order valence-corrected chi connectivity index (χ3v) is 7.99. The molecular weight excluding hydrogens is 550 g/mol. The van der Waals surface area contributed by atoms with Crippen molar-refractivity contribution in [2.75, 3.05) is 18.2 Å². The number of fused-ring (bicyclic) bond motifs is 3. The number of benzene rings is 3. The summed E-state index contributed by atoms with van der Waals surface area (Å²) in [5.41, 5.74) is 4.20. The van der Waals surface area contributed by atoms with Crippen LogP contribution in [0.3, 0.4) is 0 Å². The summed E-state index contributed by atoms with van der Waals surface area (Å²) in [7, 11) is 1.59. The molecule has 2 aliphatic rings. The molecular formula is C32H33N5O4S. The zero-order valence-corrected chi connectivity index (χ0v) is 24.6. The molecule has 216 valence electrons. The number of hydrogen-bond donors (Lipinski definition) is 2. The van der Waals surface area contributed by atoms with Gasteiger partial charge in [-0.3, -0.25) is 19.4 Å². The van der Waals surface area contributed by atoms with Crippen LogP contribution in [0, 0.1) is 0 Å². The van der Waals surface area contributed by atoms with Crippen molar-refractivity contribution in [2.45, 2.75) is 45.2 Å². The Morgan fingerprint density at radius 1 is 1.00 bits per heavy atom. The number of aliphatic imine (C=N–C) groups is 2. The average Bonchev–Trinajstić information content (AvgIpc) is 3.34. The lowest BCUT2D eigenvalue weighted by molar-refractivity contribution is -0.125. The van der Waals surface area contributed by atoms with Crippen molar-refractivity contribution in [3.8, 4) is 5.75 Å². The molecule has 3 aromatic carbocycles. The topological polar surface area (TPSA) is 112 Å². The number of para-hydroxylation sites is 2. The maximum Gasteiger partial charge on any atom is 0.259 e. The van der Waals surface area contributed by atoms with Crippen LogP contribution in [0.1, 0.15) is 49.3 Å². The zero-order valence-electron chi connectivity index (χ0n) is 23.8. The summed E-state index contributed by atoms with van der Waals surface area (Å²) in [6, 6.07) is 22.0. The second-order valence-electron chi connectivity index (χ2n) is 10.3. The molecule has 1 atom stereocenters. The molecule has 0 aromatic heterocycles. The molecule has 0 unspecified atom stereocenters. The summed E-state index contributed by atoms with van der Waals surface area (Å²) in [4.78, 5) is 49.8. The molecule has 0 saturated carbocycles. The summed E-state index contributed by atoms with van der Waals surface area (Å²) < 4.78 is 5.34. The summed E-state index contributed by atoms with van der Waals surface area (Å²) in [6.07, 6.45) is 0.388. The van der Waals surface area contributed by atoms with Gasteiger partial charge in [-0.2, -0.15) is 0 Å². The van der Waals surface area contributed by atoms with Crippen LogP contribution in [0.15, 0.2) is 82.8 Å².